The first-order valence-corrected chi connectivity index (χ1v) is 20.2. The third-order valence-electron chi connectivity index (χ3n) is 12.0. The number of phenols is 1. The Balaban J connectivity index is 1.42. The van der Waals surface area contributed by atoms with Gasteiger partial charge in [0.15, 0.2) is 0 Å². The molecule has 0 bridgehead atoms. The van der Waals surface area contributed by atoms with Crippen LogP contribution >= 0.6 is 0 Å². The molecule has 0 saturated carbocycles. The first-order chi connectivity index (χ1) is 35.5. The van der Waals surface area contributed by atoms with Crippen molar-refractivity contribution in [1.82, 2.24) is 14.5 Å². The number of fused-ring (bicyclic) bond motifs is 1. The highest BCUT2D eigenvalue weighted by atomic mass is 16.3. The molecule has 0 radical (unpaired) electrons. The lowest BCUT2D eigenvalue weighted by molar-refractivity contribution is 0.225. The standard InChI is InChI=1S/C57H59N3O/c1-54(2,3)42-26-24-37(25-27-42)39-30-31-58-48(35-39)41-32-40(33-44(34-41)55(4,5)6)45-21-17-22-50-52(45)59-53(46-20-15-16-23-51(46)61)60(50)49-29-28-43(57(10,11)56(7,8)9)36-47(49)38-18-13-12-14-19-38/h12-36,61H,1-11H3/i1D3,2D3,3D3,24D,25D,26D,27D,30D,31D,35D. The van der Waals surface area contributed by atoms with Crippen LogP contribution in [0.3, 0.4) is 0 Å². The molecular weight excluding hydrogens is 743 g/mol. The lowest BCUT2D eigenvalue weighted by atomic mass is 9.65. The van der Waals surface area contributed by atoms with Gasteiger partial charge in [0.1, 0.15) is 11.6 Å². The van der Waals surface area contributed by atoms with Crippen molar-refractivity contribution in [2.24, 2.45) is 5.41 Å². The van der Waals surface area contributed by atoms with Crippen LogP contribution < -0.4 is 0 Å². The number of nitrogens with zero attached hydrogens (tertiary/aromatic N) is 3. The third-order valence-corrected chi connectivity index (χ3v) is 12.0. The number of benzene rings is 6. The normalized spacial score (nSPS) is 17.0. The molecule has 2 aromatic heterocycles. The summed E-state index contributed by atoms with van der Waals surface area (Å²) in [7, 11) is 0. The molecule has 0 aliphatic heterocycles. The fourth-order valence-electron chi connectivity index (χ4n) is 7.38. The van der Waals surface area contributed by atoms with Crippen LogP contribution in [0.5, 0.6) is 5.75 Å². The van der Waals surface area contributed by atoms with E-state index in [1.807, 2.05) is 73.9 Å². The number of aromatic nitrogens is 3. The van der Waals surface area contributed by atoms with Gasteiger partial charge < -0.3 is 5.11 Å². The monoisotopic (exact) mass is 818 g/mol. The Morgan fingerprint density at radius 2 is 1.25 bits per heavy atom. The van der Waals surface area contributed by atoms with E-state index in [1.54, 1.807) is 30.3 Å². The van der Waals surface area contributed by atoms with E-state index in [0.29, 0.717) is 33.5 Å². The average molecular weight is 818 g/mol. The number of aromatic hydroxyl groups is 1. The topological polar surface area (TPSA) is 50.9 Å². The van der Waals surface area contributed by atoms with Crippen molar-refractivity contribution in [2.45, 2.75) is 92.2 Å². The van der Waals surface area contributed by atoms with Gasteiger partial charge in [0.2, 0.25) is 0 Å². The van der Waals surface area contributed by atoms with Gasteiger partial charge in [-0.15, -0.1) is 0 Å². The molecule has 2 heterocycles. The summed E-state index contributed by atoms with van der Waals surface area (Å²) < 4.78 is 140. The highest BCUT2D eigenvalue weighted by molar-refractivity contribution is 5.97. The summed E-state index contributed by atoms with van der Waals surface area (Å²) in [4.78, 5) is 9.75. The van der Waals surface area contributed by atoms with E-state index < -0.39 is 90.5 Å². The zero-order chi connectivity index (χ0) is 57.1. The molecule has 0 aliphatic rings. The van der Waals surface area contributed by atoms with Gasteiger partial charge in [0.05, 0.1) is 37.6 Å². The summed E-state index contributed by atoms with van der Waals surface area (Å²) in [5, 5.41) is 11.5. The van der Waals surface area contributed by atoms with Crippen molar-refractivity contribution in [3.63, 3.8) is 0 Å². The van der Waals surface area contributed by atoms with Crippen LogP contribution in [0, 0.1) is 5.41 Å². The largest absolute Gasteiger partial charge is 0.507 e. The molecule has 4 nitrogen and oxygen atoms in total. The van der Waals surface area contributed by atoms with Crippen molar-refractivity contribution in [3.05, 3.63) is 168 Å². The minimum absolute atomic E-state index is 0.00538. The van der Waals surface area contributed by atoms with Crippen molar-refractivity contribution in [1.29, 1.82) is 0 Å². The molecule has 1 N–H and O–H groups in total. The number of rotatable bonds is 7. The van der Waals surface area contributed by atoms with Gasteiger partial charge in [-0.1, -0.05) is 167 Å². The van der Waals surface area contributed by atoms with Crippen LogP contribution in [0.4, 0.5) is 0 Å². The fraction of sp³-hybridized carbons (Fsp3) is 0.263. The summed E-state index contributed by atoms with van der Waals surface area (Å²) in [5.74, 6) is 0.452. The van der Waals surface area contributed by atoms with Crippen molar-refractivity contribution < 1.29 is 27.0 Å². The van der Waals surface area contributed by atoms with Gasteiger partial charge in [-0.05, 0) is 115 Å². The number of hydrogen-bond acceptors (Lipinski definition) is 3. The molecule has 0 fully saturated rings. The van der Waals surface area contributed by atoms with Crippen molar-refractivity contribution in [2.75, 3.05) is 0 Å². The number of pyridine rings is 1. The second-order valence-electron chi connectivity index (χ2n) is 18.2. The number of hydrogen-bond donors (Lipinski definition) is 1. The quantitative estimate of drug-likeness (QED) is 0.174. The molecule has 0 spiro atoms. The molecule has 0 unspecified atom stereocenters. The number of phenolic OH excluding ortho intramolecular Hbond substituents is 1. The average Bonchev–Trinajstić information content (AvgIpc) is 3.84. The van der Waals surface area contributed by atoms with Gasteiger partial charge in [0.25, 0.3) is 0 Å². The summed E-state index contributed by atoms with van der Waals surface area (Å²) in [6, 6.07) is 28.4. The van der Waals surface area contributed by atoms with Gasteiger partial charge in [-0.3, -0.25) is 9.55 Å². The molecule has 8 rings (SSSR count). The summed E-state index contributed by atoms with van der Waals surface area (Å²) in [5.41, 5.74) is -0.0797. The lowest BCUT2D eigenvalue weighted by Crippen LogP contribution is -2.34. The summed E-state index contributed by atoms with van der Waals surface area (Å²) in [6.07, 6.45) is -0.726. The van der Waals surface area contributed by atoms with E-state index in [4.69, 9.17) is 25.5 Å². The molecule has 0 amide bonds. The second kappa shape index (κ2) is 15.3. The van der Waals surface area contributed by atoms with Crippen LogP contribution in [0.25, 0.3) is 72.7 Å². The van der Waals surface area contributed by atoms with Crippen LogP contribution in [0.1, 0.15) is 115 Å². The van der Waals surface area contributed by atoms with Gasteiger partial charge in [-0.25, -0.2) is 4.98 Å². The fourth-order valence-corrected chi connectivity index (χ4v) is 7.38. The van der Waals surface area contributed by atoms with E-state index >= 15 is 0 Å². The Bertz CT molecular complexity index is 3570. The molecule has 8 aromatic rings. The molecule has 0 saturated heterocycles. The molecular formula is C57H59N3O. The van der Waals surface area contributed by atoms with Crippen molar-refractivity contribution >= 4 is 11.0 Å². The molecule has 0 atom stereocenters. The van der Waals surface area contributed by atoms with Gasteiger partial charge >= 0.3 is 0 Å². The SMILES string of the molecule is [2H]c1nc(-c2cc(-c3cccc4c3nc(-c3ccccc3O)n4-c3ccc(C(C)(C)C(C)(C)C)cc3-c3ccccc3)cc(C(C)(C)C)c2)c([2H])c(-c2c([2H])c([2H])c(C(C([2H])([2H])[2H])(C([2H])([2H])[2H])C([2H])([2H])[2H])c([2H])c2[2H])c1[2H]. The van der Waals surface area contributed by atoms with Crippen LogP contribution in [-0.2, 0) is 16.2 Å². The molecule has 6 aromatic carbocycles. The summed E-state index contributed by atoms with van der Waals surface area (Å²) >= 11 is 0. The zero-order valence-electron chi connectivity index (χ0n) is 51.7. The minimum atomic E-state index is -3.92. The van der Waals surface area contributed by atoms with E-state index in [-0.39, 0.29) is 27.8 Å². The Kier molecular flexibility index (Phi) is 6.57. The molecule has 61 heavy (non-hydrogen) atoms. The highest BCUT2D eigenvalue weighted by Crippen LogP contribution is 2.45. The predicted octanol–water partition coefficient (Wildman–Crippen LogP) is 15.4. The predicted molar refractivity (Wildman–Crippen MR) is 258 cm³/mol. The second-order valence-corrected chi connectivity index (χ2v) is 18.2. The van der Waals surface area contributed by atoms with E-state index in [1.165, 1.54) is 0 Å². The van der Waals surface area contributed by atoms with Crippen molar-refractivity contribution in [3.8, 4) is 67.5 Å². The highest BCUT2D eigenvalue weighted by Gasteiger charge is 2.35. The Morgan fingerprint density at radius 3 is 1.93 bits per heavy atom. The number of para-hydroxylation sites is 2. The maximum Gasteiger partial charge on any atom is 0.149 e. The minimum Gasteiger partial charge on any atom is -0.507 e. The Hall–Kier alpha value is -6.26. The van der Waals surface area contributed by atoms with Crippen LogP contribution in [0.2, 0.25) is 0 Å². The Morgan fingerprint density at radius 1 is 0.557 bits per heavy atom. The van der Waals surface area contributed by atoms with E-state index in [9.17, 15) is 6.48 Å². The first-order valence-electron chi connectivity index (χ1n) is 28.2. The zero-order valence-corrected chi connectivity index (χ0v) is 35.7. The third kappa shape index (κ3) is 7.92. The maximum absolute atomic E-state index is 11.5. The maximum atomic E-state index is 11.5. The van der Waals surface area contributed by atoms with Crippen LogP contribution in [-0.4, -0.2) is 19.6 Å². The lowest BCUT2D eigenvalue weighted by Gasteiger charge is -2.40. The van der Waals surface area contributed by atoms with E-state index in [0.717, 1.165) is 27.9 Å². The smallest absolute Gasteiger partial charge is 0.149 e. The van der Waals surface area contributed by atoms with Gasteiger partial charge in [-0.2, -0.15) is 0 Å². The van der Waals surface area contributed by atoms with E-state index in [2.05, 4.69) is 69.9 Å². The van der Waals surface area contributed by atoms with Gasteiger partial charge in [0, 0.05) is 35.2 Å². The first kappa shape index (κ1) is 26.2. The number of imidazole rings is 1. The molecule has 0 aliphatic carbocycles. The summed E-state index contributed by atoms with van der Waals surface area (Å²) in [6.45, 7) is 5.28. The molecule has 4 heteroatoms. The van der Waals surface area contributed by atoms with Crippen LogP contribution in [0.15, 0.2) is 152 Å². The molecule has 308 valence electrons. The Labute approximate surface area is 385 Å².